The molecule has 1 aromatic carbocycles. The fourth-order valence-corrected chi connectivity index (χ4v) is 2.87. The number of rotatable bonds is 2. The van der Waals surface area contributed by atoms with Crippen LogP contribution in [0, 0.1) is 0 Å². The van der Waals surface area contributed by atoms with Crippen molar-refractivity contribution in [3.05, 3.63) is 29.3 Å². The quantitative estimate of drug-likeness (QED) is 0.871. The van der Waals surface area contributed by atoms with E-state index in [4.69, 9.17) is 4.74 Å². The zero-order valence-electron chi connectivity index (χ0n) is 11.8. The SMILES string of the molecule is CC1CCC(C(O)c2ccc3c(c2)CN(C)C(=O)N3)O1. The number of amides is 2. The molecule has 5 heteroatoms. The number of hydrogen-bond acceptors (Lipinski definition) is 3. The third-order valence-corrected chi connectivity index (χ3v) is 4.08. The van der Waals surface area contributed by atoms with Gasteiger partial charge in [0.15, 0.2) is 0 Å². The van der Waals surface area contributed by atoms with Gasteiger partial charge >= 0.3 is 6.03 Å². The minimum atomic E-state index is -0.604. The van der Waals surface area contributed by atoms with Crippen molar-refractivity contribution in [2.45, 2.75) is 44.6 Å². The first-order valence-corrected chi connectivity index (χ1v) is 7.03. The Morgan fingerprint density at radius 2 is 2.25 bits per heavy atom. The van der Waals surface area contributed by atoms with E-state index in [2.05, 4.69) is 5.32 Å². The van der Waals surface area contributed by atoms with Crippen molar-refractivity contribution in [1.82, 2.24) is 4.90 Å². The molecule has 3 unspecified atom stereocenters. The lowest BCUT2D eigenvalue weighted by atomic mass is 9.98. The van der Waals surface area contributed by atoms with E-state index in [1.807, 2.05) is 25.1 Å². The molecule has 0 radical (unpaired) electrons. The van der Waals surface area contributed by atoms with Gasteiger partial charge in [0, 0.05) is 19.3 Å². The fraction of sp³-hybridized carbons (Fsp3) is 0.533. The number of carbonyl (C=O) groups excluding carboxylic acids is 1. The molecule has 0 aromatic heterocycles. The largest absolute Gasteiger partial charge is 0.386 e. The van der Waals surface area contributed by atoms with E-state index in [1.165, 1.54) is 0 Å². The minimum absolute atomic E-state index is 0.0984. The number of carbonyl (C=O) groups is 1. The van der Waals surface area contributed by atoms with Crippen molar-refractivity contribution < 1.29 is 14.6 Å². The second-order valence-electron chi connectivity index (χ2n) is 5.71. The highest BCUT2D eigenvalue weighted by Crippen LogP contribution is 2.32. The van der Waals surface area contributed by atoms with E-state index in [9.17, 15) is 9.90 Å². The summed E-state index contributed by atoms with van der Waals surface area (Å²) in [5.74, 6) is 0. The molecule has 5 nitrogen and oxygen atoms in total. The Morgan fingerprint density at radius 1 is 1.45 bits per heavy atom. The third kappa shape index (κ3) is 2.39. The second kappa shape index (κ2) is 5.07. The molecular formula is C15H20N2O3. The first kappa shape index (κ1) is 13.4. The maximum absolute atomic E-state index is 11.6. The molecule has 2 amide bonds. The van der Waals surface area contributed by atoms with E-state index < -0.39 is 6.10 Å². The Bertz CT molecular complexity index is 532. The van der Waals surface area contributed by atoms with Crippen LogP contribution < -0.4 is 5.32 Å². The van der Waals surface area contributed by atoms with Gasteiger partial charge in [-0.1, -0.05) is 6.07 Å². The maximum Gasteiger partial charge on any atom is 0.321 e. The number of fused-ring (bicyclic) bond motifs is 1. The van der Waals surface area contributed by atoms with Crippen molar-refractivity contribution in [3.8, 4) is 0 Å². The Balaban J connectivity index is 1.82. The predicted octanol–water partition coefficient (Wildman–Crippen LogP) is 2.26. The molecule has 0 saturated carbocycles. The van der Waals surface area contributed by atoms with Crippen molar-refractivity contribution in [2.24, 2.45) is 0 Å². The van der Waals surface area contributed by atoms with Crippen molar-refractivity contribution >= 4 is 11.7 Å². The molecular weight excluding hydrogens is 256 g/mol. The number of ether oxygens (including phenoxy) is 1. The first-order valence-electron chi connectivity index (χ1n) is 7.03. The molecule has 108 valence electrons. The molecule has 1 fully saturated rings. The number of aliphatic hydroxyl groups excluding tert-OH is 1. The van der Waals surface area contributed by atoms with E-state index in [0.717, 1.165) is 29.7 Å². The van der Waals surface area contributed by atoms with Crippen LogP contribution in [0.4, 0.5) is 10.5 Å². The normalized spacial score (nSPS) is 27.1. The molecule has 3 atom stereocenters. The Labute approximate surface area is 118 Å². The average Bonchev–Trinajstić information content (AvgIpc) is 2.85. The summed E-state index contributed by atoms with van der Waals surface area (Å²) in [6.07, 6.45) is 1.37. The molecule has 2 aliphatic rings. The van der Waals surface area contributed by atoms with E-state index in [1.54, 1.807) is 11.9 Å². The van der Waals surface area contributed by atoms with Crippen LogP contribution in [0.15, 0.2) is 18.2 Å². The van der Waals surface area contributed by atoms with Gasteiger partial charge in [-0.05, 0) is 43.0 Å². The van der Waals surface area contributed by atoms with Gasteiger partial charge in [0.1, 0.15) is 6.10 Å². The molecule has 0 spiro atoms. The van der Waals surface area contributed by atoms with Crippen LogP contribution >= 0.6 is 0 Å². The lowest BCUT2D eigenvalue weighted by Crippen LogP contribution is -2.35. The fourth-order valence-electron chi connectivity index (χ4n) is 2.87. The van der Waals surface area contributed by atoms with Crippen LogP contribution in [0.2, 0.25) is 0 Å². The van der Waals surface area contributed by atoms with Gasteiger partial charge in [-0.25, -0.2) is 4.79 Å². The zero-order valence-corrected chi connectivity index (χ0v) is 11.8. The zero-order chi connectivity index (χ0) is 14.3. The van der Waals surface area contributed by atoms with Gasteiger partial charge in [-0.15, -0.1) is 0 Å². The monoisotopic (exact) mass is 276 g/mol. The second-order valence-corrected chi connectivity index (χ2v) is 5.71. The van der Waals surface area contributed by atoms with E-state index in [0.29, 0.717) is 6.54 Å². The first-order chi connectivity index (χ1) is 9.54. The van der Waals surface area contributed by atoms with Gasteiger partial charge in [-0.3, -0.25) is 0 Å². The topological polar surface area (TPSA) is 61.8 Å². The summed E-state index contributed by atoms with van der Waals surface area (Å²) >= 11 is 0. The summed E-state index contributed by atoms with van der Waals surface area (Å²) in [6.45, 7) is 2.59. The van der Waals surface area contributed by atoms with Gasteiger partial charge in [0.05, 0.1) is 12.2 Å². The molecule has 3 rings (SSSR count). The van der Waals surface area contributed by atoms with Gasteiger partial charge in [0.25, 0.3) is 0 Å². The summed E-state index contributed by atoms with van der Waals surface area (Å²) < 4.78 is 5.73. The lowest BCUT2D eigenvalue weighted by Gasteiger charge is -2.27. The van der Waals surface area contributed by atoms with E-state index in [-0.39, 0.29) is 18.2 Å². The summed E-state index contributed by atoms with van der Waals surface area (Å²) in [7, 11) is 1.75. The molecule has 2 N–H and O–H groups in total. The number of benzene rings is 1. The highest BCUT2D eigenvalue weighted by atomic mass is 16.5. The summed E-state index contributed by atoms with van der Waals surface area (Å²) in [4.78, 5) is 13.2. The van der Waals surface area contributed by atoms with Crippen LogP contribution in [0.1, 0.15) is 37.0 Å². The lowest BCUT2D eigenvalue weighted by molar-refractivity contribution is -0.0297. The summed E-state index contributed by atoms with van der Waals surface area (Å²) in [5.41, 5.74) is 2.70. The molecule has 2 aliphatic heterocycles. The Kier molecular flexibility index (Phi) is 3.40. The number of aliphatic hydroxyl groups is 1. The number of hydrogen-bond donors (Lipinski definition) is 2. The highest BCUT2D eigenvalue weighted by molar-refractivity contribution is 5.92. The number of anilines is 1. The van der Waals surface area contributed by atoms with Gasteiger partial charge < -0.3 is 20.1 Å². The molecule has 1 aromatic rings. The molecule has 0 bridgehead atoms. The van der Waals surface area contributed by atoms with Gasteiger partial charge in [0.2, 0.25) is 0 Å². The van der Waals surface area contributed by atoms with Crippen LogP contribution in [0.25, 0.3) is 0 Å². The van der Waals surface area contributed by atoms with Crippen LogP contribution in [0.5, 0.6) is 0 Å². The minimum Gasteiger partial charge on any atom is -0.386 e. The molecule has 0 aliphatic carbocycles. The van der Waals surface area contributed by atoms with Crippen molar-refractivity contribution in [2.75, 3.05) is 12.4 Å². The average molecular weight is 276 g/mol. The third-order valence-electron chi connectivity index (χ3n) is 4.08. The summed E-state index contributed by atoms with van der Waals surface area (Å²) in [6, 6.07) is 5.58. The molecule has 2 heterocycles. The maximum atomic E-state index is 11.6. The molecule has 20 heavy (non-hydrogen) atoms. The molecule has 1 saturated heterocycles. The smallest absolute Gasteiger partial charge is 0.321 e. The van der Waals surface area contributed by atoms with Crippen molar-refractivity contribution in [1.29, 1.82) is 0 Å². The van der Waals surface area contributed by atoms with Crippen LogP contribution in [0.3, 0.4) is 0 Å². The number of nitrogens with zero attached hydrogens (tertiary/aromatic N) is 1. The Hall–Kier alpha value is -1.59. The predicted molar refractivity (Wildman–Crippen MR) is 75.5 cm³/mol. The van der Waals surface area contributed by atoms with Crippen LogP contribution in [-0.2, 0) is 11.3 Å². The van der Waals surface area contributed by atoms with E-state index >= 15 is 0 Å². The standard InChI is InChI=1S/C15H20N2O3/c1-9-3-6-13(20-9)14(18)10-4-5-12-11(7-10)8-17(2)15(19)16-12/h4-5,7,9,13-14,18H,3,6,8H2,1-2H3,(H,16,19). The highest BCUT2D eigenvalue weighted by Gasteiger charge is 2.30. The van der Waals surface area contributed by atoms with Gasteiger partial charge in [-0.2, -0.15) is 0 Å². The van der Waals surface area contributed by atoms with Crippen LogP contribution in [-0.4, -0.2) is 35.3 Å². The Morgan fingerprint density at radius 3 is 2.95 bits per heavy atom. The summed E-state index contributed by atoms with van der Waals surface area (Å²) in [5, 5.41) is 13.3. The number of nitrogens with one attached hydrogen (secondary N) is 1. The number of urea groups is 1. The van der Waals surface area contributed by atoms with Crippen molar-refractivity contribution in [3.63, 3.8) is 0 Å².